The summed E-state index contributed by atoms with van der Waals surface area (Å²) in [7, 11) is 3.18. The normalized spacial score (nSPS) is 44.1. The number of carbonyl (C=O) groups is 3. The van der Waals surface area contributed by atoms with Crippen LogP contribution in [-0.4, -0.2) is 52.7 Å². The van der Waals surface area contributed by atoms with Crippen molar-refractivity contribution in [2.75, 3.05) is 14.1 Å². The molecule has 7 heteroatoms. The SMILES string of the molecule is CC1=C2C(=CC=C3C2(C)CCC2(C)C4C(Br)C(C)C(=O)C(O)C4(C)CCC32C)C=C(OC(=O)N(C)C)C1=O. The molecule has 1 amide bonds. The molecule has 5 aliphatic rings. The van der Waals surface area contributed by atoms with Crippen molar-refractivity contribution in [3.63, 3.8) is 0 Å². The summed E-state index contributed by atoms with van der Waals surface area (Å²) in [6.45, 7) is 12.9. The molecule has 0 aromatic rings. The van der Waals surface area contributed by atoms with Crippen molar-refractivity contribution in [3.8, 4) is 0 Å². The van der Waals surface area contributed by atoms with Gasteiger partial charge in [-0.1, -0.05) is 68.3 Å². The van der Waals surface area contributed by atoms with Crippen LogP contribution in [-0.2, 0) is 14.3 Å². The number of aliphatic hydroxyl groups excluding tert-OH is 1. The Labute approximate surface area is 234 Å². The Balaban J connectivity index is 1.62. The van der Waals surface area contributed by atoms with Crippen molar-refractivity contribution in [2.24, 2.45) is 33.5 Å². The lowest BCUT2D eigenvalue weighted by Gasteiger charge is -2.70. The first-order valence-corrected chi connectivity index (χ1v) is 14.6. The summed E-state index contributed by atoms with van der Waals surface area (Å²) >= 11 is 3.96. The minimum absolute atomic E-state index is 0.0123. The van der Waals surface area contributed by atoms with Crippen LogP contribution in [0.5, 0.6) is 0 Å². The van der Waals surface area contributed by atoms with E-state index in [9.17, 15) is 19.5 Å². The van der Waals surface area contributed by atoms with Crippen molar-refractivity contribution in [3.05, 3.63) is 46.3 Å². The molecule has 5 rings (SSSR count). The molecular weight excluding hydrogens is 546 g/mol. The minimum atomic E-state index is -0.952. The lowest BCUT2D eigenvalue weighted by atomic mass is 9.34. The molecule has 5 aliphatic carbocycles. The van der Waals surface area contributed by atoms with E-state index in [4.69, 9.17) is 4.74 Å². The van der Waals surface area contributed by atoms with Gasteiger partial charge in [-0.2, -0.15) is 0 Å². The average molecular weight is 587 g/mol. The maximum Gasteiger partial charge on any atom is 0.414 e. The van der Waals surface area contributed by atoms with Gasteiger partial charge in [0, 0.05) is 41.2 Å². The molecule has 38 heavy (non-hydrogen) atoms. The monoisotopic (exact) mass is 585 g/mol. The van der Waals surface area contributed by atoms with Gasteiger partial charge in [0.15, 0.2) is 11.5 Å². The highest BCUT2D eigenvalue weighted by Crippen LogP contribution is 2.75. The van der Waals surface area contributed by atoms with Gasteiger partial charge in [0.05, 0.1) is 0 Å². The largest absolute Gasteiger partial charge is 0.414 e. The van der Waals surface area contributed by atoms with Crippen LogP contribution in [0.2, 0.25) is 0 Å². The van der Waals surface area contributed by atoms with Crippen LogP contribution in [0.4, 0.5) is 4.79 Å². The van der Waals surface area contributed by atoms with Gasteiger partial charge in [-0.25, -0.2) is 4.79 Å². The number of aliphatic hydroxyl groups is 1. The highest BCUT2D eigenvalue weighted by Gasteiger charge is 2.70. The van der Waals surface area contributed by atoms with Crippen molar-refractivity contribution >= 4 is 33.6 Å². The summed E-state index contributed by atoms with van der Waals surface area (Å²) in [5.41, 5.74) is 2.75. The van der Waals surface area contributed by atoms with Crippen LogP contribution in [0, 0.1) is 33.5 Å². The van der Waals surface area contributed by atoms with Crippen molar-refractivity contribution in [1.82, 2.24) is 4.90 Å². The van der Waals surface area contributed by atoms with E-state index in [0.29, 0.717) is 5.57 Å². The lowest BCUT2D eigenvalue weighted by molar-refractivity contribution is -0.189. The van der Waals surface area contributed by atoms with Gasteiger partial charge in [-0.05, 0) is 66.6 Å². The Kier molecular flexibility index (Phi) is 6.17. The number of amides is 1. The van der Waals surface area contributed by atoms with E-state index < -0.39 is 17.6 Å². The van der Waals surface area contributed by atoms with E-state index in [2.05, 4.69) is 55.8 Å². The first-order chi connectivity index (χ1) is 17.5. The number of ether oxygens (including phenoxy) is 1. The van der Waals surface area contributed by atoms with E-state index in [0.717, 1.165) is 36.8 Å². The Morgan fingerprint density at radius 3 is 2.37 bits per heavy atom. The maximum absolute atomic E-state index is 13.4. The minimum Gasteiger partial charge on any atom is -0.406 e. The van der Waals surface area contributed by atoms with E-state index in [1.807, 2.05) is 13.8 Å². The van der Waals surface area contributed by atoms with Gasteiger partial charge in [-0.3, -0.25) is 9.59 Å². The molecular formula is C31H40BrNO5. The molecule has 0 spiro atoms. The number of Topliss-reactive ketones (excluding diaryl/α,β-unsaturated/α-hetero) is 2. The second-order valence-electron chi connectivity index (χ2n) is 13.4. The van der Waals surface area contributed by atoms with Crippen molar-refractivity contribution < 1.29 is 24.2 Å². The molecule has 0 radical (unpaired) electrons. The molecule has 0 aliphatic heterocycles. The van der Waals surface area contributed by atoms with Crippen LogP contribution in [0.15, 0.2) is 46.3 Å². The number of carbonyl (C=O) groups excluding carboxylic acids is 3. The summed E-state index contributed by atoms with van der Waals surface area (Å²) in [6, 6.07) is 0. The molecule has 8 atom stereocenters. The highest BCUT2D eigenvalue weighted by molar-refractivity contribution is 9.09. The fraction of sp³-hybridized carbons (Fsp3) is 0.645. The van der Waals surface area contributed by atoms with Crippen molar-refractivity contribution in [1.29, 1.82) is 0 Å². The number of allylic oxidation sites excluding steroid dienone is 7. The van der Waals surface area contributed by atoms with Gasteiger partial charge in [0.1, 0.15) is 6.10 Å². The number of alkyl halides is 1. The Morgan fingerprint density at radius 1 is 1.08 bits per heavy atom. The molecule has 0 saturated heterocycles. The van der Waals surface area contributed by atoms with Crippen LogP contribution in [0.3, 0.4) is 0 Å². The fourth-order valence-electron chi connectivity index (χ4n) is 8.92. The van der Waals surface area contributed by atoms with Gasteiger partial charge in [-0.15, -0.1) is 0 Å². The van der Waals surface area contributed by atoms with E-state index in [1.165, 1.54) is 10.5 Å². The third kappa shape index (κ3) is 3.30. The predicted octanol–water partition coefficient (Wildman–Crippen LogP) is 5.91. The van der Waals surface area contributed by atoms with Crippen molar-refractivity contribution in [2.45, 2.75) is 78.2 Å². The molecule has 6 nitrogen and oxygen atoms in total. The van der Waals surface area contributed by atoms with E-state index in [1.54, 1.807) is 20.2 Å². The molecule has 0 heterocycles. The van der Waals surface area contributed by atoms with Gasteiger partial charge in [0.2, 0.25) is 5.78 Å². The van der Waals surface area contributed by atoms with Crippen LogP contribution >= 0.6 is 15.9 Å². The summed E-state index contributed by atoms with van der Waals surface area (Å²) < 4.78 is 5.43. The number of hydrogen-bond acceptors (Lipinski definition) is 5. The highest BCUT2D eigenvalue weighted by atomic mass is 79.9. The molecule has 0 aromatic carbocycles. The number of ketones is 2. The molecule has 8 unspecified atom stereocenters. The quantitative estimate of drug-likeness (QED) is 0.387. The Morgan fingerprint density at radius 2 is 1.74 bits per heavy atom. The van der Waals surface area contributed by atoms with E-state index >= 15 is 0 Å². The summed E-state index contributed by atoms with van der Waals surface area (Å²) in [5, 5.41) is 11.2. The van der Waals surface area contributed by atoms with Crippen LogP contribution in [0.25, 0.3) is 0 Å². The third-order valence-electron chi connectivity index (χ3n) is 11.4. The maximum atomic E-state index is 13.4. The molecule has 3 fully saturated rings. The number of halogens is 1. The van der Waals surface area contributed by atoms with Gasteiger partial charge < -0.3 is 14.7 Å². The standard InChI is InChI=1S/C31H40BrNO5/c1-16-21-18(15-19(23(16)34)38-27(37)33(7)8)9-10-20-28(21,3)11-14-31(6)25-22(32)17(2)24(35)26(36)29(25,4)12-13-30(20,31)5/h9-10,15,17,22,25-26,36H,11-14H2,1-8H3. The van der Waals surface area contributed by atoms with Gasteiger partial charge in [0.25, 0.3) is 0 Å². The third-order valence-corrected chi connectivity index (χ3v) is 12.7. The van der Waals surface area contributed by atoms with Crippen LogP contribution in [0.1, 0.15) is 67.2 Å². The Hall–Kier alpha value is -1.99. The second kappa shape index (κ2) is 8.50. The summed E-state index contributed by atoms with van der Waals surface area (Å²) in [5.74, 6) is -0.368. The second-order valence-corrected chi connectivity index (χ2v) is 14.5. The number of fused-ring (bicyclic) bond motifs is 7. The van der Waals surface area contributed by atoms with Gasteiger partial charge >= 0.3 is 6.09 Å². The molecule has 1 N–H and O–H groups in total. The number of hydrogen-bond donors (Lipinski definition) is 1. The zero-order chi connectivity index (χ0) is 28.2. The molecule has 206 valence electrons. The smallest absolute Gasteiger partial charge is 0.406 e. The first kappa shape index (κ1) is 27.6. The zero-order valence-corrected chi connectivity index (χ0v) is 25.4. The summed E-state index contributed by atoms with van der Waals surface area (Å²) in [4.78, 5) is 39.9. The topological polar surface area (TPSA) is 83.9 Å². The van der Waals surface area contributed by atoms with E-state index in [-0.39, 0.29) is 50.2 Å². The molecule has 3 saturated carbocycles. The molecule has 0 bridgehead atoms. The Bertz CT molecular complexity index is 1270. The zero-order valence-electron chi connectivity index (χ0n) is 23.8. The first-order valence-electron chi connectivity index (χ1n) is 13.7. The average Bonchev–Trinajstić information content (AvgIpc) is 2.85. The predicted molar refractivity (Wildman–Crippen MR) is 149 cm³/mol. The number of rotatable bonds is 1. The lowest BCUT2D eigenvalue weighted by Crippen LogP contribution is -2.68. The molecule has 0 aromatic heterocycles. The number of nitrogens with zero attached hydrogens (tertiary/aromatic N) is 1. The fourth-order valence-corrected chi connectivity index (χ4v) is 10.4. The summed E-state index contributed by atoms with van der Waals surface area (Å²) in [6.07, 6.45) is 7.90. The van der Waals surface area contributed by atoms with Crippen LogP contribution < -0.4 is 0 Å².